The van der Waals surface area contributed by atoms with Gasteiger partial charge in [0.25, 0.3) is 0 Å². The number of rotatable bonds is 6. The summed E-state index contributed by atoms with van der Waals surface area (Å²) in [5, 5.41) is 0. The van der Waals surface area contributed by atoms with Gasteiger partial charge in [-0.15, -0.1) is 0 Å². The van der Waals surface area contributed by atoms with E-state index in [1.54, 1.807) is 6.08 Å². The van der Waals surface area contributed by atoms with Crippen molar-refractivity contribution in [2.45, 2.75) is 6.42 Å². The zero-order valence-electron chi connectivity index (χ0n) is 10.9. The lowest BCUT2D eigenvalue weighted by Gasteiger charge is -2.06. The average Bonchev–Trinajstić information content (AvgIpc) is 2.45. The summed E-state index contributed by atoms with van der Waals surface area (Å²) in [4.78, 5) is 23.1. The minimum absolute atomic E-state index is 0.145. The number of esters is 1. The molecule has 0 radical (unpaired) electrons. The lowest BCUT2D eigenvalue weighted by molar-refractivity contribution is -0.136. The van der Waals surface area contributed by atoms with Crippen LogP contribution < -0.4 is 0 Å². The number of hydrogen-bond donors (Lipinski definition) is 0. The van der Waals surface area contributed by atoms with Crippen LogP contribution in [0.1, 0.15) is 12.0 Å². The summed E-state index contributed by atoms with van der Waals surface area (Å²) in [5.74, 6) is -0.746. The number of methoxy groups -OCH3 is 1. The molecular formula is C16H16O3. The van der Waals surface area contributed by atoms with Crippen LogP contribution in [0.15, 0.2) is 60.7 Å². The Balaban J connectivity index is 3.00. The Bertz CT molecular complexity index is 524. The molecule has 0 aliphatic carbocycles. The fourth-order valence-corrected chi connectivity index (χ4v) is 1.54. The number of ether oxygens (including phenoxy) is 1. The first kappa shape index (κ1) is 14.6. The molecule has 0 aromatic heterocycles. The van der Waals surface area contributed by atoms with Crippen molar-refractivity contribution >= 4 is 17.8 Å². The number of ketones is 1. The molecule has 0 unspecified atom stereocenters. The van der Waals surface area contributed by atoms with E-state index in [1.807, 2.05) is 30.3 Å². The van der Waals surface area contributed by atoms with Gasteiger partial charge >= 0.3 is 5.97 Å². The molecule has 0 bridgehead atoms. The van der Waals surface area contributed by atoms with Crippen LogP contribution in [0.25, 0.3) is 6.08 Å². The smallest absolute Gasteiger partial charge is 0.333 e. The normalized spacial score (nSPS) is 10.7. The van der Waals surface area contributed by atoms with E-state index in [9.17, 15) is 9.59 Å². The summed E-state index contributed by atoms with van der Waals surface area (Å²) >= 11 is 0. The van der Waals surface area contributed by atoms with E-state index < -0.39 is 5.97 Å². The van der Waals surface area contributed by atoms with E-state index in [0.29, 0.717) is 5.57 Å². The van der Waals surface area contributed by atoms with E-state index in [1.165, 1.54) is 13.2 Å². The van der Waals surface area contributed by atoms with Crippen LogP contribution in [0.3, 0.4) is 0 Å². The molecular weight excluding hydrogens is 240 g/mol. The Morgan fingerprint density at radius 2 is 1.89 bits per heavy atom. The summed E-state index contributed by atoms with van der Waals surface area (Å²) in [6.45, 7) is 7.08. The zero-order chi connectivity index (χ0) is 14.3. The van der Waals surface area contributed by atoms with Crippen molar-refractivity contribution in [2.24, 2.45) is 0 Å². The molecule has 98 valence electrons. The number of allylic oxidation sites excluding steroid dienone is 2. The van der Waals surface area contributed by atoms with Crippen molar-refractivity contribution in [3.63, 3.8) is 0 Å². The quantitative estimate of drug-likeness (QED) is 0.580. The monoisotopic (exact) mass is 256 g/mol. The molecule has 0 aliphatic rings. The van der Waals surface area contributed by atoms with Gasteiger partial charge in [-0.2, -0.15) is 0 Å². The standard InChI is InChI=1S/C16H16O3/c1-4-15(17)14(10-12(2)16(18)19-3)11-13-8-6-5-7-9-13/h4-9,11H,1-2,10H2,3H3. The maximum absolute atomic E-state index is 11.8. The third-order valence-corrected chi connectivity index (χ3v) is 2.52. The first-order chi connectivity index (χ1) is 9.08. The van der Waals surface area contributed by atoms with Crippen molar-refractivity contribution in [1.82, 2.24) is 0 Å². The van der Waals surface area contributed by atoms with Gasteiger partial charge in [-0.3, -0.25) is 4.79 Å². The third kappa shape index (κ3) is 4.39. The minimum atomic E-state index is -0.518. The molecule has 0 saturated heterocycles. The van der Waals surface area contributed by atoms with Gasteiger partial charge in [-0.25, -0.2) is 4.79 Å². The number of carbonyl (C=O) groups excluding carboxylic acids is 2. The summed E-state index contributed by atoms with van der Waals surface area (Å²) in [6, 6.07) is 9.38. The predicted octanol–water partition coefficient (Wildman–Crippen LogP) is 2.94. The molecule has 0 amide bonds. The molecule has 1 rings (SSSR count). The Kier molecular flexibility index (Phi) is 5.48. The van der Waals surface area contributed by atoms with Crippen LogP contribution in [-0.2, 0) is 14.3 Å². The molecule has 3 heteroatoms. The number of hydrogen-bond acceptors (Lipinski definition) is 3. The Labute approximate surface area is 112 Å². The van der Waals surface area contributed by atoms with Crippen LogP contribution in [-0.4, -0.2) is 18.9 Å². The first-order valence-electron chi connectivity index (χ1n) is 5.77. The Morgan fingerprint density at radius 1 is 1.26 bits per heavy atom. The largest absolute Gasteiger partial charge is 0.466 e. The predicted molar refractivity (Wildman–Crippen MR) is 75.4 cm³/mol. The molecule has 0 spiro atoms. The fraction of sp³-hybridized carbons (Fsp3) is 0.125. The molecule has 0 aliphatic heterocycles. The van der Waals surface area contributed by atoms with Gasteiger partial charge < -0.3 is 4.74 Å². The zero-order valence-corrected chi connectivity index (χ0v) is 10.9. The molecule has 1 aromatic rings. The topological polar surface area (TPSA) is 43.4 Å². The van der Waals surface area contributed by atoms with E-state index in [4.69, 9.17) is 0 Å². The average molecular weight is 256 g/mol. The lowest BCUT2D eigenvalue weighted by Crippen LogP contribution is -2.07. The second-order valence-electron chi connectivity index (χ2n) is 3.92. The van der Waals surface area contributed by atoms with Gasteiger partial charge in [0, 0.05) is 17.6 Å². The highest BCUT2D eigenvalue weighted by Gasteiger charge is 2.13. The van der Waals surface area contributed by atoms with Crippen molar-refractivity contribution in [3.8, 4) is 0 Å². The van der Waals surface area contributed by atoms with Crippen LogP contribution in [0.4, 0.5) is 0 Å². The van der Waals surface area contributed by atoms with Gasteiger partial charge in [0.05, 0.1) is 7.11 Å². The minimum Gasteiger partial charge on any atom is -0.466 e. The lowest BCUT2D eigenvalue weighted by atomic mass is 10.00. The first-order valence-corrected chi connectivity index (χ1v) is 5.77. The fourth-order valence-electron chi connectivity index (χ4n) is 1.54. The van der Waals surface area contributed by atoms with Gasteiger partial charge in [0.1, 0.15) is 0 Å². The summed E-state index contributed by atoms with van der Waals surface area (Å²) < 4.78 is 4.57. The molecule has 0 N–H and O–H groups in total. The van der Waals surface area contributed by atoms with Crippen molar-refractivity contribution in [2.75, 3.05) is 7.11 Å². The highest BCUT2D eigenvalue weighted by molar-refractivity contribution is 6.08. The van der Waals surface area contributed by atoms with E-state index >= 15 is 0 Å². The SMILES string of the molecule is C=CC(=O)C(=Cc1ccccc1)CC(=C)C(=O)OC. The van der Waals surface area contributed by atoms with Crippen molar-refractivity contribution in [3.05, 3.63) is 66.3 Å². The van der Waals surface area contributed by atoms with Crippen LogP contribution in [0, 0.1) is 0 Å². The van der Waals surface area contributed by atoms with Gasteiger partial charge in [-0.05, 0) is 17.7 Å². The third-order valence-electron chi connectivity index (χ3n) is 2.52. The summed E-state index contributed by atoms with van der Waals surface area (Å²) in [6.07, 6.45) is 3.09. The highest BCUT2D eigenvalue weighted by atomic mass is 16.5. The number of carbonyl (C=O) groups is 2. The van der Waals surface area contributed by atoms with E-state index in [0.717, 1.165) is 5.56 Å². The van der Waals surface area contributed by atoms with Gasteiger partial charge in [0.15, 0.2) is 5.78 Å². The van der Waals surface area contributed by atoms with E-state index in [-0.39, 0.29) is 17.8 Å². The van der Waals surface area contributed by atoms with Crippen LogP contribution in [0.5, 0.6) is 0 Å². The van der Waals surface area contributed by atoms with Crippen LogP contribution in [0.2, 0.25) is 0 Å². The molecule has 0 fully saturated rings. The molecule has 3 nitrogen and oxygen atoms in total. The second kappa shape index (κ2) is 7.11. The molecule has 0 saturated carbocycles. The molecule has 0 heterocycles. The van der Waals surface area contributed by atoms with Crippen LogP contribution >= 0.6 is 0 Å². The van der Waals surface area contributed by atoms with Crippen molar-refractivity contribution < 1.29 is 14.3 Å². The Hall–Kier alpha value is -2.42. The Morgan fingerprint density at radius 3 is 2.42 bits per heavy atom. The molecule has 0 atom stereocenters. The summed E-state index contributed by atoms with van der Waals surface area (Å²) in [5.41, 5.74) is 1.57. The van der Waals surface area contributed by atoms with Gasteiger partial charge in [-0.1, -0.05) is 43.5 Å². The maximum Gasteiger partial charge on any atom is 0.333 e. The molecule has 1 aromatic carbocycles. The van der Waals surface area contributed by atoms with Gasteiger partial charge in [0.2, 0.25) is 0 Å². The summed E-state index contributed by atoms with van der Waals surface area (Å²) in [7, 11) is 1.28. The van der Waals surface area contributed by atoms with E-state index in [2.05, 4.69) is 17.9 Å². The number of benzene rings is 1. The maximum atomic E-state index is 11.8. The second-order valence-corrected chi connectivity index (χ2v) is 3.92. The molecule has 19 heavy (non-hydrogen) atoms. The van der Waals surface area contributed by atoms with Crippen molar-refractivity contribution in [1.29, 1.82) is 0 Å². The highest BCUT2D eigenvalue weighted by Crippen LogP contribution is 2.16.